The van der Waals surface area contributed by atoms with Crippen LogP contribution in [0.3, 0.4) is 0 Å². The molecule has 0 aromatic heterocycles. The molecule has 162 valence electrons. The molecule has 0 bridgehead atoms. The zero-order chi connectivity index (χ0) is 21.6. The van der Waals surface area contributed by atoms with Crippen LogP contribution in [0.1, 0.15) is 25.8 Å². The number of hydrogen-bond acceptors (Lipinski definition) is 6. The summed E-state index contributed by atoms with van der Waals surface area (Å²) in [5.41, 5.74) is 0.921. The molecule has 1 N–H and O–H groups in total. The van der Waals surface area contributed by atoms with Crippen LogP contribution in [-0.4, -0.2) is 45.7 Å². The second kappa shape index (κ2) is 9.82. The predicted octanol–water partition coefficient (Wildman–Crippen LogP) is 2.53. The molecule has 3 rings (SSSR count). The number of amides is 1. The normalized spacial score (nSPS) is 12.6. The molecule has 0 atom stereocenters. The van der Waals surface area contributed by atoms with E-state index in [0.29, 0.717) is 36.9 Å². The third kappa shape index (κ3) is 5.43. The van der Waals surface area contributed by atoms with Crippen LogP contribution in [0.25, 0.3) is 0 Å². The third-order valence-electron chi connectivity index (χ3n) is 4.62. The van der Waals surface area contributed by atoms with Gasteiger partial charge in [0.25, 0.3) is 0 Å². The van der Waals surface area contributed by atoms with Crippen LogP contribution in [0.4, 0.5) is 0 Å². The summed E-state index contributed by atoms with van der Waals surface area (Å²) in [6, 6.07) is 11.7. The van der Waals surface area contributed by atoms with Gasteiger partial charge in [0.15, 0.2) is 11.5 Å². The molecule has 1 amide bonds. The number of hydrogen-bond donors (Lipinski definition) is 1. The largest absolute Gasteiger partial charge is 0.494 e. The lowest BCUT2D eigenvalue weighted by Gasteiger charge is -2.21. The molecule has 0 saturated carbocycles. The smallest absolute Gasteiger partial charge is 0.240 e. The van der Waals surface area contributed by atoms with E-state index < -0.39 is 10.0 Å². The zero-order valence-corrected chi connectivity index (χ0v) is 17.9. The Bertz CT molecular complexity index is 975. The van der Waals surface area contributed by atoms with Gasteiger partial charge >= 0.3 is 0 Å². The highest BCUT2D eigenvalue weighted by Gasteiger charge is 2.18. The lowest BCUT2D eigenvalue weighted by Crippen LogP contribution is -2.34. The van der Waals surface area contributed by atoms with E-state index in [2.05, 4.69) is 4.72 Å². The number of carbonyl (C=O) groups is 1. The molecule has 0 saturated heterocycles. The van der Waals surface area contributed by atoms with Crippen LogP contribution in [0.15, 0.2) is 47.4 Å². The molecule has 1 aliphatic rings. The molecule has 1 aliphatic heterocycles. The summed E-state index contributed by atoms with van der Waals surface area (Å²) in [6.45, 7) is 5.39. The van der Waals surface area contributed by atoms with Crippen molar-refractivity contribution < 1.29 is 27.4 Å². The van der Waals surface area contributed by atoms with E-state index in [9.17, 15) is 13.2 Å². The summed E-state index contributed by atoms with van der Waals surface area (Å²) < 4.78 is 43.3. The van der Waals surface area contributed by atoms with Crippen molar-refractivity contribution >= 4 is 15.9 Å². The second-order valence-electron chi connectivity index (χ2n) is 6.65. The van der Waals surface area contributed by atoms with Gasteiger partial charge in [-0.3, -0.25) is 4.79 Å². The van der Waals surface area contributed by atoms with E-state index >= 15 is 0 Å². The average molecular weight is 435 g/mol. The van der Waals surface area contributed by atoms with Gasteiger partial charge < -0.3 is 19.1 Å². The summed E-state index contributed by atoms with van der Waals surface area (Å²) in [5, 5.41) is 0. The van der Waals surface area contributed by atoms with E-state index in [4.69, 9.17) is 14.2 Å². The van der Waals surface area contributed by atoms with E-state index in [1.165, 1.54) is 12.1 Å². The van der Waals surface area contributed by atoms with Crippen molar-refractivity contribution in [2.75, 3.05) is 26.5 Å². The van der Waals surface area contributed by atoms with Gasteiger partial charge in [0.2, 0.25) is 22.7 Å². The van der Waals surface area contributed by atoms with Crippen LogP contribution < -0.4 is 18.9 Å². The molecule has 1 heterocycles. The molecule has 8 nitrogen and oxygen atoms in total. The van der Waals surface area contributed by atoms with Crippen molar-refractivity contribution in [2.45, 2.75) is 31.7 Å². The number of benzene rings is 2. The molecule has 0 spiro atoms. The number of sulfonamides is 1. The van der Waals surface area contributed by atoms with Crippen molar-refractivity contribution in [2.24, 2.45) is 0 Å². The molecule has 2 aromatic carbocycles. The topological polar surface area (TPSA) is 94.2 Å². The van der Waals surface area contributed by atoms with Crippen LogP contribution in [0.2, 0.25) is 0 Å². The fourth-order valence-corrected chi connectivity index (χ4v) is 4.08. The first kappa shape index (κ1) is 21.9. The molecular weight excluding hydrogens is 408 g/mol. The Hall–Kier alpha value is -2.78. The van der Waals surface area contributed by atoms with E-state index in [0.717, 1.165) is 5.56 Å². The number of rotatable bonds is 10. The Kier molecular flexibility index (Phi) is 7.17. The molecular formula is C21H26N2O6S. The maximum Gasteiger partial charge on any atom is 0.240 e. The fourth-order valence-electron chi connectivity index (χ4n) is 3.05. The van der Waals surface area contributed by atoms with Gasteiger partial charge in [0, 0.05) is 26.1 Å². The predicted molar refractivity (Wildman–Crippen MR) is 111 cm³/mol. The first-order valence-corrected chi connectivity index (χ1v) is 11.3. The van der Waals surface area contributed by atoms with Gasteiger partial charge in [-0.25, -0.2) is 13.1 Å². The third-order valence-corrected chi connectivity index (χ3v) is 6.10. The van der Waals surface area contributed by atoms with Crippen LogP contribution >= 0.6 is 0 Å². The van der Waals surface area contributed by atoms with Crippen molar-refractivity contribution in [1.82, 2.24) is 9.62 Å². The maximum absolute atomic E-state index is 12.6. The Morgan fingerprint density at radius 2 is 1.83 bits per heavy atom. The minimum atomic E-state index is -3.69. The lowest BCUT2D eigenvalue weighted by atomic mass is 10.2. The molecule has 0 unspecified atom stereocenters. The minimum Gasteiger partial charge on any atom is -0.494 e. The van der Waals surface area contributed by atoms with Crippen molar-refractivity contribution in [3.8, 4) is 17.2 Å². The Balaban J connectivity index is 1.53. The van der Waals surface area contributed by atoms with E-state index in [1.807, 2.05) is 32.0 Å². The second-order valence-corrected chi connectivity index (χ2v) is 8.41. The highest BCUT2D eigenvalue weighted by atomic mass is 32.2. The molecule has 0 aliphatic carbocycles. The van der Waals surface area contributed by atoms with Crippen molar-refractivity contribution in [1.29, 1.82) is 0 Å². The summed E-state index contributed by atoms with van der Waals surface area (Å²) in [6.07, 6.45) is 0.0641. The Labute approximate surface area is 176 Å². The molecule has 9 heteroatoms. The van der Waals surface area contributed by atoms with Crippen LogP contribution in [-0.2, 0) is 21.4 Å². The van der Waals surface area contributed by atoms with Gasteiger partial charge in [0.1, 0.15) is 5.75 Å². The highest BCUT2D eigenvalue weighted by Crippen LogP contribution is 2.32. The lowest BCUT2D eigenvalue weighted by molar-refractivity contribution is -0.131. The number of nitrogens with one attached hydrogen (secondary N) is 1. The molecule has 0 radical (unpaired) electrons. The minimum absolute atomic E-state index is 0.0199. The standard InChI is InChI=1S/C21H26N2O6S/c1-3-23(14-16-5-10-19-20(13-16)29-15-28-19)21(24)11-12-22-30(25,26)18-8-6-17(7-9-18)27-4-2/h5-10,13,22H,3-4,11-12,14-15H2,1-2H3. The summed E-state index contributed by atoms with van der Waals surface area (Å²) in [7, 11) is -3.69. The van der Waals surface area contributed by atoms with Crippen molar-refractivity contribution in [3.63, 3.8) is 0 Å². The van der Waals surface area contributed by atoms with Crippen LogP contribution in [0, 0.1) is 0 Å². The summed E-state index contributed by atoms with van der Waals surface area (Å²) in [4.78, 5) is 14.4. The quantitative estimate of drug-likeness (QED) is 0.618. The average Bonchev–Trinajstić information content (AvgIpc) is 3.20. The Morgan fingerprint density at radius 3 is 2.53 bits per heavy atom. The molecule has 30 heavy (non-hydrogen) atoms. The van der Waals surface area contributed by atoms with Gasteiger partial charge in [-0.05, 0) is 55.8 Å². The fraction of sp³-hybridized carbons (Fsp3) is 0.381. The highest BCUT2D eigenvalue weighted by molar-refractivity contribution is 7.89. The van der Waals surface area contributed by atoms with E-state index in [1.54, 1.807) is 17.0 Å². The number of nitrogens with zero attached hydrogens (tertiary/aromatic N) is 1. The first-order valence-electron chi connectivity index (χ1n) is 9.81. The monoisotopic (exact) mass is 434 g/mol. The zero-order valence-electron chi connectivity index (χ0n) is 17.1. The molecule has 0 fully saturated rings. The summed E-state index contributed by atoms with van der Waals surface area (Å²) >= 11 is 0. The van der Waals surface area contributed by atoms with Gasteiger partial charge in [0.05, 0.1) is 11.5 Å². The summed E-state index contributed by atoms with van der Waals surface area (Å²) in [5.74, 6) is 1.83. The number of ether oxygens (including phenoxy) is 3. The number of carbonyl (C=O) groups excluding carboxylic acids is 1. The van der Waals surface area contributed by atoms with Crippen LogP contribution in [0.5, 0.6) is 17.2 Å². The van der Waals surface area contributed by atoms with E-state index in [-0.39, 0.29) is 30.6 Å². The van der Waals surface area contributed by atoms with Gasteiger partial charge in [-0.1, -0.05) is 6.07 Å². The van der Waals surface area contributed by atoms with Gasteiger partial charge in [-0.15, -0.1) is 0 Å². The Morgan fingerprint density at radius 1 is 1.10 bits per heavy atom. The maximum atomic E-state index is 12.6. The van der Waals surface area contributed by atoms with Crippen molar-refractivity contribution in [3.05, 3.63) is 48.0 Å². The SMILES string of the molecule is CCOc1ccc(S(=O)(=O)NCCC(=O)N(CC)Cc2ccc3c(c2)OCO3)cc1. The van der Waals surface area contributed by atoms with Gasteiger partial charge in [-0.2, -0.15) is 0 Å². The molecule has 2 aromatic rings. The number of fused-ring (bicyclic) bond motifs is 1. The first-order chi connectivity index (χ1) is 14.4.